The largest absolute Gasteiger partial charge is 0.392 e. The zero-order chi connectivity index (χ0) is 28.3. The molecule has 4 atom stereocenters. The van der Waals surface area contributed by atoms with Gasteiger partial charge in [0, 0.05) is 43.6 Å². The smallest absolute Gasteiger partial charge is 0.224 e. The lowest BCUT2D eigenvalue weighted by atomic mass is 9.89. The molecule has 2 aromatic rings. The Morgan fingerprint density at radius 2 is 1.62 bits per heavy atom. The van der Waals surface area contributed by atoms with E-state index in [9.17, 15) is 14.7 Å². The standard InChI is InChI=1S/C32H45N3O5/c1-23-29(21-35-19-7-4-8-20-35)39-32(40-31(23)26-12-10-25(22-36)11-13-26)27-14-16-28(17-15-27)34-30(38)9-5-3-6-18-33-24(2)37/h10-17,23,29,31-32,36H,3-9,18-22H2,1-2H3,(H,33,37)(H,34,38). The van der Waals surface area contributed by atoms with Crippen LogP contribution in [0.25, 0.3) is 0 Å². The third-order valence-electron chi connectivity index (χ3n) is 7.93. The van der Waals surface area contributed by atoms with Gasteiger partial charge in [0.25, 0.3) is 0 Å². The van der Waals surface area contributed by atoms with Gasteiger partial charge in [0.1, 0.15) is 0 Å². The Labute approximate surface area is 238 Å². The van der Waals surface area contributed by atoms with Crippen molar-refractivity contribution in [2.75, 3.05) is 31.5 Å². The van der Waals surface area contributed by atoms with Gasteiger partial charge in [-0.05, 0) is 62.0 Å². The molecule has 218 valence electrons. The van der Waals surface area contributed by atoms with Gasteiger partial charge in [-0.15, -0.1) is 0 Å². The van der Waals surface area contributed by atoms with Crippen LogP contribution in [-0.4, -0.2) is 54.1 Å². The number of nitrogens with zero attached hydrogens (tertiary/aromatic N) is 1. The number of likely N-dealkylation sites (tertiary alicyclic amines) is 1. The van der Waals surface area contributed by atoms with E-state index in [1.807, 2.05) is 48.5 Å². The van der Waals surface area contributed by atoms with Gasteiger partial charge in [0.2, 0.25) is 11.8 Å². The lowest BCUT2D eigenvalue weighted by Gasteiger charge is -2.43. The van der Waals surface area contributed by atoms with Crippen molar-refractivity contribution in [2.45, 2.75) is 83.9 Å². The number of unbranched alkanes of at least 4 members (excludes halogenated alkanes) is 2. The molecule has 0 saturated carbocycles. The molecule has 4 unspecified atom stereocenters. The summed E-state index contributed by atoms with van der Waals surface area (Å²) in [5, 5.41) is 15.2. The number of aliphatic hydroxyl groups is 1. The van der Waals surface area contributed by atoms with Crippen molar-refractivity contribution in [3.8, 4) is 0 Å². The predicted molar refractivity (Wildman–Crippen MR) is 155 cm³/mol. The maximum absolute atomic E-state index is 12.4. The van der Waals surface area contributed by atoms with Crippen molar-refractivity contribution in [3.05, 3.63) is 65.2 Å². The SMILES string of the molecule is CC(=O)NCCCCCC(=O)Nc1ccc(C2OC(CN3CCCCC3)C(C)C(c3ccc(CO)cc3)O2)cc1. The van der Waals surface area contributed by atoms with Crippen LogP contribution < -0.4 is 10.6 Å². The van der Waals surface area contributed by atoms with Gasteiger partial charge in [-0.25, -0.2) is 0 Å². The van der Waals surface area contributed by atoms with Crippen molar-refractivity contribution < 1.29 is 24.2 Å². The summed E-state index contributed by atoms with van der Waals surface area (Å²) in [5.41, 5.74) is 3.63. The van der Waals surface area contributed by atoms with Crippen LogP contribution >= 0.6 is 0 Å². The normalized spacial score (nSPS) is 23.5. The number of carbonyl (C=O) groups excluding carboxylic acids is 2. The van der Waals surface area contributed by atoms with Crippen molar-refractivity contribution in [1.29, 1.82) is 0 Å². The van der Waals surface area contributed by atoms with Crippen LogP contribution in [0.4, 0.5) is 5.69 Å². The van der Waals surface area contributed by atoms with E-state index in [4.69, 9.17) is 9.47 Å². The molecule has 0 aromatic heterocycles. The Morgan fingerprint density at radius 1 is 0.925 bits per heavy atom. The molecule has 8 heteroatoms. The number of anilines is 1. The van der Waals surface area contributed by atoms with E-state index in [1.54, 1.807) is 0 Å². The summed E-state index contributed by atoms with van der Waals surface area (Å²) < 4.78 is 13.2. The molecule has 2 aliphatic rings. The van der Waals surface area contributed by atoms with Gasteiger partial charge >= 0.3 is 0 Å². The molecule has 2 fully saturated rings. The number of rotatable bonds is 12. The van der Waals surface area contributed by atoms with Crippen LogP contribution in [0.3, 0.4) is 0 Å². The van der Waals surface area contributed by atoms with Crippen LogP contribution in [0, 0.1) is 5.92 Å². The minimum absolute atomic E-state index is 0.0146. The van der Waals surface area contributed by atoms with Crippen LogP contribution in [0.5, 0.6) is 0 Å². The Kier molecular flexibility index (Phi) is 11.5. The third kappa shape index (κ3) is 8.86. The second-order valence-corrected chi connectivity index (χ2v) is 11.1. The fourth-order valence-electron chi connectivity index (χ4n) is 5.52. The summed E-state index contributed by atoms with van der Waals surface area (Å²) in [4.78, 5) is 25.8. The van der Waals surface area contributed by atoms with E-state index in [2.05, 4.69) is 22.5 Å². The lowest BCUT2D eigenvalue weighted by molar-refractivity contribution is -0.276. The first-order valence-electron chi connectivity index (χ1n) is 14.8. The molecular weight excluding hydrogens is 506 g/mol. The van der Waals surface area contributed by atoms with Gasteiger partial charge in [-0.2, -0.15) is 0 Å². The molecule has 8 nitrogen and oxygen atoms in total. The van der Waals surface area contributed by atoms with Gasteiger partial charge in [0.15, 0.2) is 6.29 Å². The van der Waals surface area contributed by atoms with E-state index in [0.717, 1.165) is 61.3 Å². The highest BCUT2D eigenvalue weighted by atomic mass is 16.7. The van der Waals surface area contributed by atoms with Crippen LogP contribution in [-0.2, 0) is 25.7 Å². The highest BCUT2D eigenvalue weighted by Crippen LogP contribution is 2.42. The minimum Gasteiger partial charge on any atom is -0.392 e. The molecule has 2 aromatic carbocycles. The number of benzene rings is 2. The fourth-order valence-corrected chi connectivity index (χ4v) is 5.52. The van der Waals surface area contributed by atoms with Crippen LogP contribution in [0.15, 0.2) is 48.5 Å². The van der Waals surface area contributed by atoms with Gasteiger partial charge < -0.3 is 30.1 Å². The number of aliphatic hydroxyl groups excluding tert-OH is 1. The average molecular weight is 552 g/mol. The zero-order valence-corrected chi connectivity index (χ0v) is 23.9. The Balaban J connectivity index is 1.38. The Bertz CT molecular complexity index is 1070. The Morgan fingerprint density at radius 3 is 2.30 bits per heavy atom. The summed E-state index contributed by atoms with van der Waals surface area (Å²) in [6.45, 7) is 7.48. The number of hydrogen-bond acceptors (Lipinski definition) is 6. The fraction of sp³-hybridized carbons (Fsp3) is 0.562. The monoisotopic (exact) mass is 551 g/mol. The number of nitrogens with one attached hydrogen (secondary N) is 2. The van der Waals surface area contributed by atoms with E-state index in [1.165, 1.54) is 26.2 Å². The van der Waals surface area contributed by atoms with Crippen molar-refractivity contribution in [1.82, 2.24) is 10.2 Å². The molecule has 2 aliphatic heterocycles. The second-order valence-electron chi connectivity index (χ2n) is 11.1. The maximum atomic E-state index is 12.4. The van der Waals surface area contributed by atoms with Crippen molar-refractivity contribution >= 4 is 17.5 Å². The minimum atomic E-state index is -0.512. The molecule has 2 heterocycles. The zero-order valence-electron chi connectivity index (χ0n) is 23.9. The van der Waals surface area contributed by atoms with Gasteiger partial charge in [0.05, 0.1) is 18.8 Å². The summed E-state index contributed by atoms with van der Waals surface area (Å²) >= 11 is 0. The molecular formula is C32H45N3O5. The molecule has 0 spiro atoms. The van der Waals surface area contributed by atoms with Crippen LogP contribution in [0.1, 0.15) is 87.9 Å². The molecule has 0 radical (unpaired) electrons. The quantitative estimate of drug-likeness (QED) is 0.318. The molecule has 0 aliphatic carbocycles. The molecule has 0 bridgehead atoms. The molecule has 2 amide bonds. The first-order chi connectivity index (χ1) is 19.4. The summed E-state index contributed by atoms with van der Waals surface area (Å²) in [5.74, 6) is 0.124. The number of piperidine rings is 1. The molecule has 2 saturated heterocycles. The summed E-state index contributed by atoms with van der Waals surface area (Å²) in [7, 11) is 0. The third-order valence-corrected chi connectivity index (χ3v) is 7.93. The number of carbonyl (C=O) groups is 2. The molecule has 4 rings (SSSR count). The second kappa shape index (κ2) is 15.3. The Hall–Kier alpha value is -2.78. The van der Waals surface area contributed by atoms with E-state index in [-0.39, 0.29) is 36.5 Å². The summed E-state index contributed by atoms with van der Waals surface area (Å²) in [6.07, 6.45) is 6.13. The first-order valence-corrected chi connectivity index (χ1v) is 14.8. The maximum Gasteiger partial charge on any atom is 0.224 e. The number of ether oxygens (including phenoxy) is 2. The number of hydrogen-bond donors (Lipinski definition) is 3. The number of amides is 2. The van der Waals surface area contributed by atoms with E-state index < -0.39 is 6.29 Å². The van der Waals surface area contributed by atoms with Crippen molar-refractivity contribution in [2.24, 2.45) is 5.92 Å². The topological polar surface area (TPSA) is 100 Å². The predicted octanol–water partition coefficient (Wildman–Crippen LogP) is 5.09. The molecule has 3 N–H and O–H groups in total. The van der Waals surface area contributed by atoms with E-state index in [0.29, 0.717) is 13.0 Å². The van der Waals surface area contributed by atoms with E-state index >= 15 is 0 Å². The summed E-state index contributed by atoms with van der Waals surface area (Å²) in [6, 6.07) is 15.7. The first kappa shape index (κ1) is 30.2. The average Bonchev–Trinajstić information content (AvgIpc) is 2.97. The highest BCUT2D eigenvalue weighted by molar-refractivity contribution is 5.90. The van der Waals surface area contributed by atoms with Gasteiger partial charge in [-0.1, -0.05) is 56.2 Å². The van der Waals surface area contributed by atoms with Gasteiger partial charge in [-0.3, -0.25) is 9.59 Å². The molecule has 40 heavy (non-hydrogen) atoms. The lowest BCUT2D eigenvalue weighted by Crippen LogP contribution is -2.45. The van der Waals surface area contributed by atoms with Crippen LogP contribution in [0.2, 0.25) is 0 Å². The highest BCUT2D eigenvalue weighted by Gasteiger charge is 2.39. The van der Waals surface area contributed by atoms with Crippen molar-refractivity contribution in [3.63, 3.8) is 0 Å².